The van der Waals surface area contributed by atoms with Crippen molar-refractivity contribution in [2.75, 3.05) is 13.7 Å². The van der Waals surface area contributed by atoms with Gasteiger partial charge in [0.25, 0.3) is 0 Å². The van der Waals surface area contributed by atoms with E-state index in [0.717, 1.165) is 11.3 Å². The Balaban J connectivity index is 1.96. The summed E-state index contributed by atoms with van der Waals surface area (Å²) in [6.07, 6.45) is -0.486. The summed E-state index contributed by atoms with van der Waals surface area (Å²) in [6.45, 7) is 4.75. The number of hydrogen-bond donors (Lipinski definition) is 0. The summed E-state index contributed by atoms with van der Waals surface area (Å²) in [5.74, 6) is 0.535. The smallest absolute Gasteiger partial charge is 0.335 e. The molecule has 1 heterocycles. The van der Waals surface area contributed by atoms with Gasteiger partial charge in [-0.05, 0) is 17.7 Å². The summed E-state index contributed by atoms with van der Waals surface area (Å²) in [6, 6.07) is 7.59. The molecule has 4 heteroatoms. The van der Waals surface area contributed by atoms with Crippen molar-refractivity contribution in [2.45, 2.75) is 26.6 Å². The van der Waals surface area contributed by atoms with E-state index in [2.05, 4.69) is 0 Å². The fourth-order valence-corrected chi connectivity index (χ4v) is 1.92. The lowest BCUT2D eigenvalue weighted by Gasteiger charge is -2.21. The third kappa shape index (κ3) is 2.64. The maximum Gasteiger partial charge on any atom is 0.335 e. The van der Waals surface area contributed by atoms with Gasteiger partial charge < -0.3 is 14.2 Å². The molecule has 0 aliphatic carbocycles. The van der Waals surface area contributed by atoms with Crippen LogP contribution in [0.25, 0.3) is 0 Å². The van der Waals surface area contributed by atoms with E-state index in [0.29, 0.717) is 13.2 Å². The second-order valence-corrected chi connectivity index (χ2v) is 5.14. The molecule has 4 nitrogen and oxygen atoms in total. The Kier molecular flexibility index (Phi) is 3.57. The Morgan fingerprint density at radius 2 is 2.00 bits per heavy atom. The number of hydrogen-bond acceptors (Lipinski definition) is 4. The lowest BCUT2D eigenvalue weighted by atomic mass is 9.90. The van der Waals surface area contributed by atoms with Gasteiger partial charge in [-0.1, -0.05) is 26.0 Å². The van der Waals surface area contributed by atoms with Gasteiger partial charge in [0.15, 0.2) is 6.10 Å². The van der Waals surface area contributed by atoms with Crippen LogP contribution >= 0.6 is 0 Å². The predicted octanol–water partition coefficient (Wildman–Crippen LogP) is 2.16. The number of benzene rings is 1. The fourth-order valence-electron chi connectivity index (χ4n) is 1.92. The Labute approximate surface area is 107 Å². The van der Waals surface area contributed by atoms with E-state index in [-0.39, 0.29) is 11.4 Å². The summed E-state index contributed by atoms with van der Waals surface area (Å²) < 4.78 is 15.8. The third-order valence-corrected chi connectivity index (χ3v) is 3.09. The van der Waals surface area contributed by atoms with Crippen LogP contribution in [0, 0.1) is 5.41 Å². The molecule has 98 valence electrons. The Hall–Kier alpha value is -1.55. The monoisotopic (exact) mass is 250 g/mol. The highest BCUT2D eigenvalue weighted by atomic mass is 16.6. The fraction of sp³-hybridized carbons (Fsp3) is 0.500. The molecule has 2 rings (SSSR count). The molecular weight excluding hydrogens is 232 g/mol. The Morgan fingerprint density at radius 1 is 1.33 bits per heavy atom. The lowest BCUT2D eigenvalue weighted by molar-refractivity contribution is -0.149. The summed E-state index contributed by atoms with van der Waals surface area (Å²) in [7, 11) is 1.63. The molecule has 0 saturated carbocycles. The van der Waals surface area contributed by atoms with Gasteiger partial charge in [0.05, 0.1) is 20.3 Å². The van der Waals surface area contributed by atoms with Crippen molar-refractivity contribution in [1.29, 1.82) is 0 Å². The highest BCUT2D eigenvalue weighted by molar-refractivity contribution is 5.77. The largest absolute Gasteiger partial charge is 0.497 e. The third-order valence-electron chi connectivity index (χ3n) is 3.09. The Morgan fingerprint density at radius 3 is 2.50 bits per heavy atom. The van der Waals surface area contributed by atoms with E-state index in [4.69, 9.17) is 14.2 Å². The topological polar surface area (TPSA) is 44.8 Å². The highest BCUT2D eigenvalue weighted by Gasteiger charge is 2.44. The van der Waals surface area contributed by atoms with Crippen LogP contribution in [-0.4, -0.2) is 25.8 Å². The lowest BCUT2D eigenvalue weighted by Crippen LogP contribution is -2.32. The second kappa shape index (κ2) is 4.98. The molecule has 0 N–H and O–H groups in total. The van der Waals surface area contributed by atoms with Crippen molar-refractivity contribution in [3.8, 4) is 5.75 Å². The minimum absolute atomic E-state index is 0.260. The van der Waals surface area contributed by atoms with Crippen molar-refractivity contribution in [3.63, 3.8) is 0 Å². The van der Waals surface area contributed by atoms with Crippen molar-refractivity contribution in [3.05, 3.63) is 29.8 Å². The molecule has 1 unspecified atom stereocenters. The molecule has 1 aromatic rings. The van der Waals surface area contributed by atoms with Crippen LogP contribution in [0.1, 0.15) is 19.4 Å². The van der Waals surface area contributed by atoms with Gasteiger partial charge in [0.2, 0.25) is 0 Å². The maximum atomic E-state index is 11.5. The van der Waals surface area contributed by atoms with Gasteiger partial charge >= 0.3 is 5.97 Å². The first-order valence-corrected chi connectivity index (χ1v) is 5.94. The molecule has 0 amide bonds. The van der Waals surface area contributed by atoms with Crippen LogP contribution in [0.2, 0.25) is 0 Å². The minimum Gasteiger partial charge on any atom is -0.497 e. The van der Waals surface area contributed by atoms with Gasteiger partial charge in [-0.15, -0.1) is 0 Å². The van der Waals surface area contributed by atoms with Crippen molar-refractivity contribution in [2.24, 2.45) is 5.41 Å². The van der Waals surface area contributed by atoms with Gasteiger partial charge in [-0.3, -0.25) is 0 Å². The number of cyclic esters (lactones) is 1. The molecule has 0 aromatic heterocycles. The first kappa shape index (κ1) is 12.9. The van der Waals surface area contributed by atoms with E-state index in [1.54, 1.807) is 7.11 Å². The van der Waals surface area contributed by atoms with E-state index in [1.165, 1.54) is 0 Å². The Bertz CT molecular complexity index is 422. The van der Waals surface area contributed by atoms with E-state index in [9.17, 15) is 4.79 Å². The quantitative estimate of drug-likeness (QED) is 0.768. The number of ether oxygens (including phenoxy) is 3. The SMILES string of the molecule is COc1ccc(COC2C(=O)OCC2(C)C)cc1. The summed E-state index contributed by atoms with van der Waals surface area (Å²) in [5.41, 5.74) is 0.745. The zero-order valence-corrected chi connectivity index (χ0v) is 10.9. The van der Waals surface area contributed by atoms with Crippen LogP contribution < -0.4 is 4.74 Å². The van der Waals surface area contributed by atoms with Crippen LogP contribution in [0.4, 0.5) is 0 Å². The van der Waals surface area contributed by atoms with Crippen LogP contribution in [0.5, 0.6) is 5.75 Å². The zero-order valence-electron chi connectivity index (χ0n) is 10.9. The molecule has 1 aliphatic heterocycles. The minimum atomic E-state index is -0.486. The van der Waals surface area contributed by atoms with Gasteiger partial charge in [-0.2, -0.15) is 0 Å². The zero-order chi connectivity index (χ0) is 13.2. The first-order chi connectivity index (χ1) is 8.53. The summed E-state index contributed by atoms with van der Waals surface area (Å²) in [4.78, 5) is 11.5. The predicted molar refractivity (Wildman–Crippen MR) is 66.3 cm³/mol. The van der Waals surface area contributed by atoms with Crippen LogP contribution in [-0.2, 0) is 20.9 Å². The molecule has 0 bridgehead atoms. The molecule has 0 spiro atoms. The normalized spacial score (nSPS) is 21.7. The van der Waals surface area contributed by atoms with Gasteiger partial charge in [0.1, 0.15) is 5.75 Å². The molecule has 1 atom stereocenters. The van der Waals surface area contributed by atoms with Crippen molar-refractivity contribution < 1.29 is 19.0 Å². The molecule has 0 radical (unpaired) electrons. The maximum absolute atomic E-state index is 11.5. The summed E-state index contributed by atoms with van der Waals surface area (Å²) in [5, 5.41) is 0. The average Bonchev–Trinajstić information content (AvgIpc) is 2.62. The number of esters is 1. The first-order valence-electron chi connectivity index (χ1n) is 5.94. The molecule has 1 aliphatic rings. The highest BCUT2D eigenvalue weighted by Crippen LogP contribution is 2.31. The second-order valence-electron chi connectivity index (χ2n) is 5.14. The van der Waals surface area contributed by atoms with Crippen molar-refractivity contribution >= 4 is 5.97 Å². The summed E-state index contributed by atoms with van der Waals surface area (Å²) >= 11 is 0. The van der Waals surface area contributed by atoms with Crippen molar-refractivity contribution in [1.82, 2.24) is 0 Å². The number of carbonyl (C=O) groups excluding carboxylic acids is 1. The molecular formula is C14H18O4. The molecule has 18 heavy (non-hydrogen) atoms. The van der Waals surface area contributed by atoms with E-state index in [1.807, 2.05) is 38.1 Å². The van der Waals surface area contributed by atoms with Crippen LogP contribution in [0.15, 0.2) is 24.3 Å². The van der Waals surface area contributed by atoms with Gasteiger partial charge in [0, 0.05) is 5.41 Å². The van der Waals surface area contributed by atoms with Crippen LogP contribution in [0.3, 0.4) is 0 Å². The average molecular weight is 250 g/mol. The van der Waals surface area contributed by atoms with Gasteiger partial charge in [-0.25, -0.2) is 4.79 Å². The number of rotatable bonds is 4. The number of carbonyl (C=O) groups is 1. The number of methoxy groups -OCH3 is 1. The molecule has 1 fully saturated rings. The van der Waals surface area contributed by atoms with E-state index >= 15 is 0 Å². The standard InChI is InChI=1S/C14H18O4/c1-14(2)9-18-13(15)12(14)17-8-10-4-6-11(16-3)7-5-10/h4-7,12H,8-9H2,1-3H3. The molecule has 1 saturated heterocycles. The molecule has 1 aromatic carbocycles. The van der Waals surface area contributed by atoms with E-state index < -0.39 is 6.10 Å².